The maximum Gasteiger partial charge on any atom is 0.0795 e. The van der Waals surface area contributed by atoms with E-state index in [4.69, 9.17) is 4.98 Å². The van der Waals surface area contributed by atoms with E-state index in [0.29, 0.717) is 0 Å². The molecule has 4 aromatic heterocycles. The molecule has 44 heavy (non-hydrogen) atoms. The molecular formula is C38H30IrN2S2Si-2. The summed E-state index contributed by atoms with van der Waals surface area (Å²) in [5, 5.41) is 6.58. The second kappa shape index (κ2) is 12.5. The summed E-state index contributed by atoms with van der Waals surface area (Å²) in [7, 11) is -1.23. The van der Waals surface area contributed by atoms with Crippen LogP contribution in [0.2, 0.25) is 19.6 Å². The number of hydrogen-bond acceptors (Lipinski definition) is 4. The molecule has 0 atom stereocenters. The van der Waals surface area contributed by atoms with Crippen LogP contribution in [0.3, 0.4) is 0 Å². The first-order valence-corrected chi connectivity index (χ1v) is 19.5. The molecule has 219 valence electrons. The van der Waals surface area contributed by atoms with Crippen LogP contribution in [0.15, 0.2) is 109 Å². The van der Waals surface area contributed by atoms with Gasteiger partial charge in [0.25, 0.3) is 0 Å². The molecule has 0 saturated heterocycles. The number of nitrogens with zero attached hydrogens (tertiary/aromatic N) is 2. The Morgan fingerprint density at radius 3 is 2.07 bits per heavy atom. The smallest absolute Gasteiger partial charge is 0.0795 e. The van der Waals surface area contributed by atoms with Crippen molar-refractivity contribution >= 4 is 76.3 Å². The zero-order valence-corrected chi connectivity index (χ0v) is 30.0. The van der Waals surface area contributed by atoms with E-state index in [-0.39, 0.29) is 20.1 Å². The summed E-state index contributed by atoms with van der Waals surface area (Å²) in [4.78, 5) is 9.35. The molecule has 8 aromatic rings. The fraction of sp³-hybridized carbons (Fsp3) is 0.105. The van der Waals surface area contributed by atoms with Gasteiger partial charge in [0, 0.05) is 57.4 Å². The Kier molecular flexibility index (Phi) is 8.65. The van der Waals surface area contributed by atoms with Crippen LogP contribution >= 0.6 is 22.7 Å². The van der Waals surface area contributed by atoms with Crippen LogP contribution in [0.25, 0.3) is 62.9 Å². The van der Waals surface area contributed by atoms with E-state index in [1.165, 1.54) is 51.1 Å². The third kappa shape index (κ3) is 5.81. The van der Waals surface area contributed by atoms with Crippen LogP contribution in [0.1, 0.15) is 5.56 Å². The minimum atomic E-state index is -1.23. The van der Waals surface area contributed by atoms with Crippen LogP contribution in [0, 0.1) is 19.1 Å². The van der Waals surface area contributed by atoms with Crippen molar-refractivity contribution in [2.75, 3.05) is 0 Å². The average molecular weight is 799 g/mol. The number of fused-ring (bicyclic) bond motifs is 6. The van der Waals surface area contributed by atoms with Crippen molar-refractivity contribution in [1.82, 2.24) is 9.97 Å². The van der Waals surface area contributed by atoms with Gasteiger partial charge in [0.1, 0.15) is 0 Å². The Morgan fingerprint density at radius 1 is 0.659 bits per heavy atom. The summed E-state index contributed by atoms with van der Waals surface area (Å²) in [5.41, 5.74) is 5.45. The Labute approximate surface area is 280 Å². The zero-order chi connectivity index (χ0) is 29.6. The Bertz CT molecular complexity index is 2230. The van der Waals surface area contributed by atoms with E-state index < -0.39 is 8.07 Å². The molecule has 0 aliphatic rings. The SMILES string of the molecule is C[Si](C)(C)c1ccc(-c2[c-]cccc2)nc1.Cc1c[c-]c(-c2cc3sc4ccccc4c3cn2)c2sc3ccccc3c12.[Ir]. The number of thiophene rings is 2. The maximum absolute atomic E-state index is 4.83. The minimum absolute atomic E-state index is 0. The molecule has 8 rings (SSSR count). The van der Waals surface area contributed by atoms with Gasteiger partial charge in [-0.25, -0.2) is 0 Å². The first-order valence-electron chi connectivity index (χ1n) is 14.4. The van der Waals surface area contributed by atoms with E-state index in [1.807, 2.05) is 59.3 Å². The third-order valence-corrected chi connectivity index (χ3v) is 12.1. The Balaban J connectivity index is 0.000000174. The Hall–Kier alpha value is -3.51. The summed E-state index contributed by atoms with van der Waals surface area (Å²) >= 11 is 3.67. The topological polar surface area (TPSA) is 25.8 Å². The molecule has 0 aliphatic carbocycles. The Morgan fingerprint density at radius 2 is 1.36 bits per heavy atom. The van der Waals surface area contributed by atoms with Gasteiger partial charge in [-0.3, -0.25) is 0 Å². The van der Waals surface area contributed by atoms with Crippen molar-refractivity contribution in [3.8, 4) is 22.5 Å². The van der Waals surface area contributed by atoms with Crippen LogP contribution in [0.5, 0.6) is 0 Å². The molecule has 0 saturated carbocycles. The molecule has 0 spiro atoms. The third-order valence-electron chi connectivity index (χ3n) is 7.78. The van der Waals surface area contributed by atoms with Gasteiger partial charge in [-0.2, -0.15) is 11.3 Å². The molecule has 0 bridgehead atoms. The maximum atomic E-state index is 4.83. The van der Waals surface area contributed by atoms with Gasteiger partial charge in [-0.1, -0.05) is 86.5 Å². The van der Waals surface area contributed by atoms with Crippen molar-refractivity contribution in [3.63, 3.8) is 0 Å². The van der Waals surface area contributed by atoms with Crippen molar-refractivity contribution in [2.45, 2.75) is 26.6 Å². The van der Waals surface area contributed by atoms with Gasteiger partial charge < -0.3 is 9.97 Å². The van der Waals surface area contributed by atoms with E-state index in [2.05, 4.69) is 116 Å². The van der Waals surface area contributed by atoms with E-state index >= 15 is 0 Å². The molecular weight excluding hydrogens is 769 g/mol. The summed E-state index contributed by atoms with van der Waals surface area (Å²) in [6.07, 6.45) is 4.04. The van der Waals surface area contributed by atoms with Crippen LogP contribution in [-0.2, 0) is 20.1 Å². The molecule has 0 aliphatic heterocycles. The van der Waals surface area contributed by atoms with E-state index in [9.17, 15) is 0 Å². The normalized spacial score (nSPS) is 11.5. The zero-order valence-electron chi connectivity index (χ0n) is 24.9. The first kappa shape index (κ1) is 30.5. The van der Waals surface area contributed by atoms with Gasteiger partial charge in [0.2, 0.25) is 0 Å². The monoisotopic (exact) mass is 799 g/mol. The van der Waals surface area contributed by atoms with Crippen LogP contribution in [-0.4, -0.2) is 18.0 Å². The van der Waals surface area contributed by atoms with E-state index in [0.717, 1.165) is 22.5 Å². The quantitative estimate of drug-likeness (QED) is 0.131. The molecule has 6 heteroatoms. The predicted molar refractivity (Wildman–Crippen MR) is 191 cm³/mol. The fourth-order valence-corrected chi connectivity index (χ4v) is 8.86. The summed E-state index contributed by atoms with van der Waals surface area (Å²) in [6, 6.07) is 40.5. The van der Waals surface area contributed by atoms with Gasteiger partial charge in [0.05, 0.1) is 8.07 Å². The fourth-order valence-electron chi connectivity index (χ4n) is 5.43. The molecule has 4 aromatic carbocycles. The number of pyridine rings is 2. The average Bonchev–Trinajstić information content (AvgIpc) is 3.61. The van der Waals surface area contributed by atoms with Gasteiger partial charge in [-0.15, -0.1) is 70.5 Å². The van der Waals surface area contributed by atoms with Crippen molar-refractivity contribution in [2.24, 2.45) is 0 Å². The van der Waals surface area contributed by atoms with Crippen LogP contribution < -0.4 is 5.19 Å². The van der Waals surface area contributed by atoms with Gasteiger partial charge in [0.15, 0.2) is 0 Å². The van der Waals surface area contributed by atoms with Crippen LogP contribution in [0.4, 0.5) is 0 Å². The van der Waals surface area contributed by atoms with Crippen molar-refractivity contribution in [3.05, 3.63) is 127 Å². The molecule has 2 nitrogen and oxygen atoms in total. The number of rotatable bonds is 3. The summed E-state index contributed by atoms with van der Waals surface area (Å²) < 4.78 is 5.19. The summed E-state index contributed by atoms with van der Waals surface area (Å²) in [5.74, 6) is 0. The van der Waals surface area contributed by atoms with Crippen molar-refractivity contribution < 1.29 is 20.1 Å². The second-order valence-electron chi connectivity index (χ2n) is 11.8. The first-order chi connectivity index (χ1) is 20.9. The van der Waals surface area contributed by atoms with E-state index in [1.54, 1.807) is 0 Å². The largest absolute Gasteiger partial charge is 0.305 e. The minimum Gasteiger partial charge on any atom is -0.305 e. The van der Waals surface area contributed by atoms with Gasteiger partial charge in [-0.05, 0) is 38.8 Å². The molecule has 0 unspecified atom stereocenters. The van der Waals surface area contributed by atoms with Crippen molar-refractivity contribution in [1.29, 1.82) is 0 Å². The number of aryl methyl sites for hydroxylation is 1. The van der Waals surface area contributed by atoms with Gasteiger partial charge >= 0.3 is 0 Å². The molecule has 0 N–H and O–H groups in total. The standard InChI is InChI=1S/C24H14NS2.C14H16NSi.Ir/c1-14-10-11-16(24-23(14)17-7-3-5-9-21(17)27-24)19-12-22-18(13-25-19)15-6-2-4-8-20(15)26-22;1-16(2,3)13-9-10-14(15-11-13)12-7-5-4-6-8-12;/h2-10,12-13H,1H3;4-7,9-11H,1-3H3;/q2*-1;. The molecule has 0 fully saturated rings. The second-order valence-corrected chi connectivity index (χ2v) is 19.0. The molecule has 0 amide bonds. The molecule has 4 heterocycles. The summed E-state index contributed by atoms with van der Waals surface area (Å²) in [6.45, 7) is 9.17. The number of aromatic nitrogens is 2. The predicted octanol–water partition coefficient (Wildman–Crippen LogP) is 10.7. The number of hydrogen-bond donors (Lipinski definition) is 0. The molecule has 1 radical (unpaired) electrons. The number of benzene rings is 4.